The summed E-state index contributed by atoms with van der Waals surface area (Å²) >= 11 is 0. The molecule has 0 fully saturated rings. The van der Waals surface area contributed by atoms with Gasteiger partial charge < -0.3 is 4.90 Å². The van der Waals surface area contributed by atoms with E-state index in [2.05, 4.69) is 5.10 Å². The third kappa shape index (κ3) is 4.05. The molecule has 0 bridgehead atoms. The summed E-state index contributed by atoms with van der Waals surface area (Å²) in [6.07, 6.45) is 0. The van der Waals surface area contributed by atoms with Crippen molar-refractivity contribution in [3.05, 3.63) is 94.1 Å². The lowest BCUT2D eigenvalue weighted by atomic mass is 10.1. The zero-order valence-corrected chi connectivity index (χ0v) is 20.5. The molecule has 0 N–H and O–H groups in total. The molecule has 0 atom stereocenters. The van der Waals surface area contributed by atoms with Gasteiger partial charge in [0.2, 0.25) is 0 Å². The van der Waals surface area contributed by atoms with Crippen molar-refractivity contribution in [3.63, 3.8) is 0 Å². The van der Waals surface area contributed by atoms with Crippen LogP contribution in [0.5, 0.6) is 0 Å². The van der Waals surface area contributed by atoms with E-state index in [4.69, 9.17) is 5.10 Å². The minimum absolute atomic E-state index is 0.291. The Hall–Kier alpha value is -4.00. The lowest BCUT2D eigenvalue weighted by Crippen LogP contribution is -2.33. The van der Waals surface area contributed by atoms with Crippen LogP contribution in [0.15, 0.2) is 54.6 Å². The van der Waals surface area contributed by atoms with Gasteiger partial charge in [0.05, 0.1) is 34.0 Å². The minimum atomic E-state index is -0.568. The number of carbonyl (C=O) groups excluding carboxylic acids is 2. The summed E-state index contributed by atoms with van der Waals surface area (Å²) in [5.74, 6) is -1.12. The molecule has 0 spiro atoms. The van der Waals surface area contributed by atoms with Gasteiger partial charge in [-0.05, 0) is 58.4 Å². The van der Waals surface area contributed by atoms with E-state index in [-0.39, 0.29) is 0 Å². The summed E-state index contributed by atoms with van der Waals surface area (Å²) < 4.78 is 3.61. The van der Waals surface area contributed by atoms with Gasteiger partial charge in [-0.2, -0.15) is 10.2 Å². The highest BCUT2D eigenvalue weighted by molar-refractivity contribution is 6.43. The van der Waals surface area contributed by atoms with Crippen LogP contribution in [-0.4, -0.2) is 43.2 Å². The number of nitrogens with zero attached hydrogens (tertiary/aromatic N) is 5. The first-order valence-electron chi connectivity index (χ1n) is 11.2. The average molecular weight is 456 g/mol. The Balaban J connectivity index is 1.59. The molecule has 7 heteroatoms. The van der Waals surface area contributed by atoms with Crippen LogP contribution in [0.4, 0.5) is 0 Å². The van der Waals surface area contributed by atoms with Crippen molar-refractivity contribution in [2.45, 2.75) is 41.2 Å². The summed E-state index contributed by atoms with van der Waals surface area (Å²) in [6, 6.07) is 17.6. The molecule has 174 valence electrons. The van der Waals surface area contributed by atoms with Crippen molar-refractivity contribution in [2.24, 2.45) is 0 Å². The number of hydrogen-bond donors (Lipinski definition) is 0. The fraction of sp³-hybridized carbons (Fsp3) is 0.259. The monoisotopic (exact) mass is 455 g/mol. The highest BCUT2D eigenvalue weighted by Crippen LogP contribution is 2.23. The van der Waals surface area contributed by atoms with E-state index in [1.54, 1.807) is 18.7 Å². The first kappa shape index (κ1) is 23.2. The Morgan fingerprint density at radius 2 is 1.41 bits per heavy atom. The van der Waals surface area contributed by atoms with Gasteiger partial charge in [-0.25, -0.2) is 9.36 Å². The van der Waals surface area contributed by atoms with E-state index in [1.165, 1.54) is 4.90 Å². The molecule has 7 nitrogen and oxygen atoms in total. The second-order valence-corrected chi connectivity index (χ2v) is 8.63. The van der Waals surface area contributed by atoms with E-state index in [0.29, 0.717) is 23.5 Å². The maximum Gasteiger partial charge on any atom is 0.295 e. The van der Waals surface area contributed by atoms with Crippen LogP contribution >= 0.6 is 0 Å². The van der Waals surface area contributed by atoms with Crippen LogP contribution in [0.2, 0.25) is 0 Å². The Morgan fingerprint density at radius 1 is 0.794 bits per heavy atom. The third-order valence-corrected chi connectivity index (χ3v) is 6.24. The van der Waals surface area contributed by atoms with E-state index >= 15 is 0 Å². The van der Waals surface area contributed by atoms with Crippen molar-refractivity contribution in [3.8, 4) is 11.4 Å². The SMILES string of the molecule is Cc1ccccc1-n1nc(C)c(CN(C)C(=O)C(=O)c2c(C)nn(-c3ccccc3)c2C)c1C. The second kappa shape index (κ2) is 9.09. The van der Waals surface area contributed by atoms with Gasteiger partial charge in [-0.3, -0.25) is 9.59 Å². The Morgan fingerprint density at radius 3 is 2.09 bits per heavy atom. The van der Waals surface area contributed by atoms with E-state index in [1.807, 2.05) is 87.0 Å². The maximum atomic E-state index is 13.2. The standard InChI is InChI=1S/C27H29N5O2/c1-17-12-10-11-15-24(17)32-20(4)23(18(2)28-32)16-30(6)27(34)26(33)25-19(3)29-31(21(25)5)22-13-8-7-9-14-22/h7-15H,16H2,1-6H3. The molecular formula is C27H29N5O2. The molecule has 0 aliphatic heterocycles. The van der Waals surface area contributed by atoms with Crippen LogP contribution in [0, 0.1) is 34.6 Å². The van der Waals surface area contributed by atoms with Crippen LogP contribution in [-0.2, 0) is 11.3 Å². The largest absolute Gasteiger partial charge is 0.334 e. The molecule has 0 aliphatic rings. The number of likely N-dealkylation sites (N-methyl/N-ethyl adjacent to an activating group) is 1. The number of aromatic nitrogens is 4. The first-order valence-corrected chi connectivity index (χ1v) is 11.2. The summed E-state index contributed by atoms with van der Waals surface area (Å²) in [7, 11) is 1.65. The zero-order chi connectivity index (χ0) is 24.6. The van der Waals surface area contributed by atoms with Gasteiger partial charge in [-0.1, -0.05) is 36.4 Å². The molecule has 2 aromatic carbocycles. The molecule has 2 aromatic heterocycles. The lowest BCUT2D eigenvalue weighted by Gasteiger charge is -2.17. The van der Waals surface area contributed by atoms with E-state index < -0.39 is 11.7 Å². The molecule has 0 aliphatic carbocycles. The van der Waals surface area contributed by atoms with Crippen molar-refractivity contribution in [1.82, 2.24) is 24.5 Å². The topological polar surface area (TPSA) is 73.0 Å². The molecular weight excluding hydrogens is 426 g/mol. The summed E-state index contributed by atoms with van der Waals surface area (Å²) in [4.78, 5) is 27.9. The molecule has 0 saturated heterocycles. The molecule has 0 saturated carbocycles. The van der Waals surface area contributed by atoms with Crippen LogP contribution in [0.1, 0.15) is 44.3 Å². The summed E-state index contributed by atoms with van der Waals surface area (Å²) in [5, 5.41) is 9.21. The van der Waals surface area contributed by atoms with Crippen molar-refractivity contribution in [1.29, 1.82) is 0 Å². The number of para-hydroxylation sites is 2. The van der Waals surface area contributed by atoms with Crippen LogP contribution < -0.4 is 0 Å². The number of carbonyl (C=O) groups is 2. The normalized spacial score (nSPS) is 11.0. The van der Waals surface area contributed by atoms with Crippen LogP contribution in [0.25, 0.3) is 11.4 Å². The molecule has 34 heavy (non-hydrogen) atoms. The first-order chi connectivity index (χ1) is 16.2. The third-order valence-electron chi connectivity index (χ3n) is 6.24. The highest BCUT2D eigenvalue weighted by Gasteiger charge is 2.28. The fourth-order valence-electron chi connectivity index (χ4n) is 4.32. The number of rotatable bonds is 6. The second-order valence-electron chi connectivity index (χ2n) is 8.63. The smallest absolute Gasteiger partial charge is 0.295 e. The zero-order valence-electron chi connectivity index (χ0n) is 20.5. The summed E-state index contributed by atoms with van der Waals surface area (Å²) in [6.45, 7) is 9.82. The minimum Gasteiger partial charge on any atom is -0.334 e. The Labute approximate surface area is 199 Å². The van der Waals surface area contributed by atoms with E-state index in [0.717, 1.165) is 33.9 Å². The number of amides is 1. The molecule has 4 aromatic rings. The number of Topliss-reactive ketones (excluding diaryl/α,β-unsaturated/α-hetero) is 1. The predicted molar refractivity (Wildman–Crippen MR) is 132 cm³/mol. The molecule has 0 radical (unpaired) electrons. The number of hydrogen-bond acceptors (Lipinski definition) is 4. The van der Waals surface area contributed by atoms with E-state index in [9.17, 15) is 9.59 Å². The quantitative estimate of drug-likeness (QED) is 0.318. The van der Waals surface area contributed by atoms with Crippen molar-refractivity contribution < 1.29 is 9.59 Å². The van der Waals surface area contributed by atoms with Crippen LogP contribution in [0.3, 0.4) is 0 Å². The highest BCUT2D eigenvalue weighted by atomic mass is 16.2. The maximum absolute atomic E-state index is 13.2. The van der Waals surface area contributed by atoms with Gasteiger partial charge in [0.15, 0.2) is 0 Å². The Kier molecular flexibility index (Phi) is 6.20. The average Bonchev–Trinajstić information content (AvgIpc) is 3.28. The van der Waals surface area contributed by atoms with Gasteiger partial charge in [0.1, 0.15) is 0 Å². The fourth-order valence-corrected chi connectivity index (χ4v) is 4.32. The Bertz CT molecular complexity index is 1380. The molecule has 4 rings (SSSR count). The molecule has 0 unspecified atom stereocenters. The predicted octanol–water partition coefficient (Wildman–Crippen LogP) is 4.44. The van der Waals surface area contributed by atoms with Gasteiger partial charge in [0, 0.05) is 24.8 Å². The van der Waals surface area contributed by atoms with Gasteiger partial charge in [0.25, 0.3) is 11.7 Å². The molecule has 1 amide bonds. The van der Waals surface area contributed by atoms with Crippen molar-refractivity contribution >= 4 is 11.7 Å². The lowest BCUT2D eigenvalue weighted by molar-refractivity contribution is -0.125. The molecule has 2 heterocycles. The number of aryl methyl sites for hydroxylation is 3. The summed E-state index contributed by atoms with van der Waals surface area (Å²) in [5.41, 5.74) is 7.20. The van der Waals surface area contributed by atoms with Gasteiger partial charge in [-0.15, -0.1) is 0 Å². The number of benzene rings is 2. The number of ketones is 1. The van der Waals surface area contributed by atoms with Crippen molar-refractivity contribution in [2.75, 3.05) is 7.05 Å². The van der Waals surface area contributed by atoms with Gasteiger partial charge >= 0.3 is 0 Å².